The van der Waals surface area contributed by atoms with Gasteiger partial charge in [0.15, 0.2) is 5.75 Å². The van der Waals surface area contributed by atoms with Gasteiger partial charge < -0.3 is 25.6 Å². The van der Waals surface area contributed by atoms with Gasteiger partial charge in [-0.1, -0.05) is 83.0 Å². The third kappa shape index (κ3) is 11.4. The Hall–Kier alpha value is -6.06. The normalized spacial score (nSPS) is 11.4. The van der Waals surface area contributed by atoms with Crippen molar-refractivity contribution in [2.75, 3.05) is 10.6 Å². The molecule has 4 N–H and O–H groups in total. The fourth-order valence-corrected chi connectivity index (χ4v) is 6.93. The van der Waals surface area contributed by atoms with E-state index in [9.17, 15) is 46.1 Å². The maximum atomic E-state index is 13.3. The summed E-state index contributed by atoms with van der Waals surface area (Å²) < 4.78 is 85.3. The van der Waals surface area contributed by atoms with Crippen LogP contribution < -0.4 is 15.4 Å². The molecular weight excluding hydrogens is 889 g/mol. The Bertz CT molecular complexity index is 2750. The number of amides is 2. The molecule has 0 aliphatic carbocycles. The van der Waals surface area contributed by atoms with Crippen LogP contribution in [0.2, 0.25) is 15.1 Å². The number of aromatic hydroxyl groups is 2. The number of halogens is 9. The molecule has 0 fully saturated rings. The number of carbonyl (C=O) groups is 2. The van der Waals surface area contributed by atoms with Crippen LogP contribution in [-0.4, -0.2) is 22.0 Å². The second-order valence-electron chi connectivity index (χ2n) is 12.8. The van der Waals surface area contributed by atoms with Gasteiger partial charge in [0.1, 0.15) is 17.2 Å². The molecule has 0 heterocycles. The number of fused-ring (bicyclic) bond motifs is 1. The lowest BCUT2D eigenvalue weighted by atomic mass is 10.1. The van der Waals surface area contributed by atoms with E-state index in [4.69, 9.17) is 39.5 Å². The molecule has 0 saturated carbocycles. The van der Waals surface area contributed by atoms with Gasteiger partial charge >= 0.3 is 12.4 Å². The standard InChI is InChI=1S/C24H15ClF3NO3.C20H12Cl2F3NO2S/c25-16-9-10-20(30)18(13-16)23(31)29-19-12-15(24(26,27)28)8-11-22(19)32-21-7-3-5-14-4-1-2-6-17(14)21;21-12-2-5-14(6-3-12)29-18-8-1-11(20(23,24)25)9-16(18)26-19(28)15-10-13(22)4-7-17(15)27/h1-13,30H,(H,29,31);1-10,27H,(H,26,28). The molecule has 0 bridgehead atoms. The van der Waals surface area contributed by atoms with Crippen LogP contribution in [0.5, 0.6) is 23.0 Å². The molecular formula is C44H27Cl3F6N2O5S. The summed E-state index contributed by atoms with van der Waals surface area (Å²) in [5.74, 6) is -1.93. The third-order valence-corrected chi connectivity index (χ3v) is 10.3. The van der Waals surface area contributed by atoms with E-state index in [-0.39, 0.29) is 49.8 Å². The first-order valence-electron chi connectivity index (χ1n) is 17.5. The predicted molar refractivity (Wildman–Crippen MR) is 225 cm³/mol. The van der Waals surface area contributed by atoms with Gasteiger partial charge in [-0.05, 0) is 109 Å². The summed E-state index contributed by atoms with van der Waals surface area (Å²) >= 11 is 18.7. The zero-order chi connectivity index (χ0) is 44.1. The van der Waals surface area contributed by atoms with E-state index in [0.29, 0.717) is 15.7 Å². The van der Waals surface area contributed by atoms with Gasteiger partial charge in [0.2, 0.25) is 0 Å². The maximum absolute atomic E-state index is 13.3. The maximum Gasteiger partial charge on any atom is 0.416 e. The lowest BCUT2D eigenvalue weighted by molar-refractivity contribution is -0.138. The number of benzene rings is 7. The third-order valence-electron chi connectivity index (χ3n) is 8.53. The summed E-state index contributed by atoms with van der Waals surface area (Å²) in [6, 6.07) is 32.9. The van der Waals surface area contributed by atoms with Gasteiger partial charge in [-0.15, -0.1) is 0 Å². The molecule has 0 spiro atoms. The van der Waals surface area contributed by atoms with Crippen molar-refractivity contribution in [3.05, 3.63) is 177 Å². The molecule has 7 rings (SSSR count). The number of alkyl halides is 6. The Morgan fingerprint density at radius 3 is 1.64 bits per heavy atom. The first-order chi connectivity index (χ1) is 28.8. The first-order valence-corrected chi connectivity index (χ1v) is 19.4. The number of phenolic OH excluding ortho intramolecular Hbond substituents is 2. The number of rotatable bonds is 8. The topological polar surface area (TPSA) is 108 Å². The predicted octanol–water partition coefficient (Wildman–Crippen LogP) is 14.4. The minimum Gasteiger partial charge on any atom is -0.507 e. The highest BCUT2D eigenvalue weighted by molar-refractivity contribution is 7.99. The van der Waals surface area contributed by atoms with Crippen LogP contribution in [0.4, 0.5) is 37.7 Å². The van der Waals surface area contributed by atoms with Gasteiger partial charge in [0.25, 0.3) is 11.8 Å². The highest BCUT2D eigenvalue weighted by atomic mass is 35.5. The van der Waals surface area contributed by atoms with Gasteiger partial charge in [0, 0.05) is 30.2 Å². The fourth-order valence-electron chi connectivity index (χ4n) is 5.58. The van der Waals surface area contributed by atoms with Crippen molar-refractivity contribution < 1.29 is 50.9 Å². The molecule has 7 aromatic rings. The van der Waals surface area contributed by atoms with E-state index in [1.54, 1.807) is 36.4 Å². The van der Waals surface area contributed by atoms with Crippen molar-refractivity contribution >= 4 is 80.5 Å². The summed E-state index contributed by atoms with van der Waals surface area (Å²) in [5, 5.41) is 27.2. The van der Waals surface area contributed by atoms with Crippen molar-refractivity contribution in [1.29, 1.82) is 0 Å². The molecule has 7 nitrogen and oxygen atoms in total. The number of anilines is 2. The van der Waals surface area contributed by atoms with Crippen molar-refractivity contribution in [2.45, 2.75) is 22.1 Å². The van der Waals surface area contributed by atoms with E-state index >= 15 is 0 Å². The van der Waals surface area contributed by atoms with Crippen LogP contribution in [0.3, 0.4) is 0 Å². The summed E-state index contributed by atoms with van der Waals surface area (Å²) in [6.45, 7) is 0. The van der Waals surface area contributed by atoms with Crippen LogP contribution >= 0.6 is 46.6 Å². The van der Waals surface area contributed by atoms with Gasteiger partial charge in [-0.2, -0.15) is 26.3 Å². The Kier molecular flexibility index (Phi) is 13.6. The molecule has 312 valence electrons. The molecule has 0 aromatic heterocycles. The molecule has 2 amide bonds. The zero-order valence-corrected chi connectivity index (χ0v) is 33.8. The van der Waals surface area contributed by atoms with Crippen LogP contribution in [0.15, 0.2) is 149 Å². The van der Waals surface area contributed by atoms with Gasteiger partial charge in [-0.25, -0.2) is 0 Å². The first kappa shape index (κ1) is 44.5. The average Bonchev–Trinajstić information content (AvgIpc) is 3.21. The van der Waals surface area contributed by atoms with Crippen LogP contribution in [0.25, 0.3) is 10.8 Å². The number of carbonyl (C=O) groups excluding carboxylic acids is 2. The summed E-state index contributed by atoms with van der Waals surface area (Å²) in [5.41, 5.74) is -2.48. The Morgan fingerprint density at radius 2 is 1.05 bits per heavy atom. The summed E-state index contributed by atoms with van der Waals surface area (Å²) in [4.78, 5) is 26.4. The molecule has 0 atom stereocenters. The lowest BCUT2D eigenvalue weighted by Crippen LogP contribution is -2.14. The van der Waals surface area contributed by atoms with Crippen LogP contribution in [-0.2, 0) is 12.4 Å². The van der Waals surface area contributed by atoms with Crippen molar-refractivity contribution in [1.82, 2.24) is 0 Å². The minimum absolute atomic E-state index is 0.00391. The van der Waals surface area contributed by atoms with E-state index in [0.717, 1.165) is 57.8 Å². The second kappa shape index (κ2) is 18.7. The van der Waals surface area contributed by atoms with Crippen molar-refractivity contribution in [3.63, 3.8) is 0 Å². The molecule has 0 saturated heterocycles. The summed E-state index contributed by atoms with van der Waals surface area (Å²) in [6.07, 6.45) is -9.21. The monoisotopic (exact) mass is 914 g/mol. The fraction of sp³-hybridized carbons (Fsp3) is 0.0455. The molecule has 0 aliphatic heterocycles. The number of ether oxygens (including phenoxy) is 1. The number of hydrogen-bond acceptors (Lipinski definition) is 6. The molecule has 0 radical (unpaired) electrons. The number of phenols is 2. The Morgan fingerprint density at radius 1 is 0.541 bits per heavy atom. The smallest absolute Gasteiger partial charge is 0.416 e. The summed E-state index contributed by atoms with van der Waals surface area (Å²) in [7, 11) is 0. The van der Waals surface area contributed by atoms with Crippen molar-refractivity contribution in [2.24, 2.45) is 0 Å². The number of hydrogen-bond donors (Lipinski definition) is 4. The van der Waals surface area contributed by atoms with Crippen molar-refractivity contribution in [3.8, 4) is 23.0 Å². The van der Waals surface area contributed by atoms with Crippen LogP contribution in [0.1, 0.15) is 31.8 Å². The van der Waals surface area contributed by atoms with E-state index in [1.807, 2.05) is 30.3 Å². The SMILES string of the molecule is O=C(Nc1cc(C(F)(F)F)ccc1Oc1cccc2ccccc12)c1cc(Cl)ccc1O.O=C(Nc1cc(C(F)(F)F)ccc1Sc1ccc(Cl)cc1)c1cc(Cl)ccc1O. The molecule has 0 aliphatic rings. The molecule has 17 heteroatoms. The van der Waals surface area contributed by atoms with E-state index in [2.05, 4.69) is 10.6 Å². The quantitative estimate of drug-likeness (QED) is 0.113. The number of nitrogens with one attached hydrogen (secondary N) is 2. The second-order valence-corrected chi connectivity index (χ2v) is 15.2. The van der Waals surface area contributed by atoms with Gasteiger partial charge in [0.05, 0.1) is 33.6 Å². The molecule has 0 unspecified atom stereocenters. The zero-order valence-electron chi connectivity index (χ0n) is 30.7. The highest BCUT2D eigenvalue weighted by Crippen LogP contribution is 2.41. The highest BCUT2D eigenvalue weighted by Gasteiger charge is 2.33. The minimum atomic E-state index is -4.63. The van der Waals surface area contributed by atoms with Crippen LogP contribution in [0, 0.1) is 0 Å². The Balaban J connectivity index is 0.000000205. The largest absolute Gasteiger partial charge is 0.507 e. The van der Waals surface area contributed by atoms with Gasteiger partial charge in [-0.3, -0.25) is 9.59 Å². The molecule has 61 heavy (non-hydrogen) atoms. The Labute approximate surface area is 362 Å². The molecule has 7 aromatic carbocycles. The average molecular weight is 916 g/mol. The van der Waals surface area contributed by atoms with E-state index in [1.165, 1.54) is 42.5 Å². The lowest BCUT2D eigenvalue weighted by Gasteiger charge is -2.16. The van der Waals surface area contributed by atoms with E-state index < -0.39 is 35.3 Å².